The van der Waals surface area contributed by atoms with E-state index in [0.29, 0.717) is 12.1 Å². The Kier molecular flexibility index (Phi) is 18.2. The largest absolute Gasteiger partial charge is 0.506 e. The Morgan fingerprint density at radius 1 is 0.0915 bits per heavy atom. The summed E-state index contributed by atoms with van der Waals surface area (Å²) in [7, 11) is 0. The SMILES string of the molecule is Oc1cc2c(O)c3oc4c(O)c(O)c(-c5c6c(O)c(O)c(O)c(O)c6c(-c6c(O)c(O)c(O)c(-c7c(O)c(O)c(O)c(O)c7O)c6O)c6c(O)c(O)c(O)c(O)c56)c(O)c4c3c(O)c2c(O)c1O.Oc1cc2c(O)c3oc4c(O)c(O)c(-c5c6c(O)c(O)c(O)c(O)c6c(-c6c(O)c(O)c7c(O)c(-c8c(O)c(O)c(O)c(O)c8O)c(O)c(O)c7c6O)c6c(O)c(O)c(O)c(O)c56)c(O)c4c3c(O)c2c(O)c1O. The van der Waals surface area contributed by atoms with Gasteiger partial charge in [0.05, 0.1) is 87.6 Å². The maximum Gasteiger partial charge on any atom is 0.208 e. The summed E-state index contributed by atoms with van der Waals surface area (Å²) in [6, 6.07) is 1.27. The molecule has 0 amide bonds. The molecule has 54 heteroatoms. The monoisotopic (exact) mass is 1970 g/mol. The standard InChI is InChI=1S/C46H28O28.C42H26O26/c47-3-1-2-4(25(54)20(3)49)21(50)17-18-24(53)12(36(65)44(73)46(18)74-45(17)19(2)48)6-9-7(26(55)37(66)39(68)28(9)57)5(8-10(6)29(58)40(69)38(67)27(8)56)11-22(51)13-14(31(60)30(11)59)23(52)15(33(62)32(13)61)16-34(63)41(70)43(72)42(71)35(16)64;43-3-1-2-4(22(49)18(3)45)19(46)15-16-21(48)12(31(58)40(67)42(16)68-41(15)17(2)44)6-9-7(23(50)33(60)35(62)25(9)52)5(8-10(6)26(53)36(63)34(61)24(8)51)11-20(47)13(28(55)32(59)27(11)54)14-29(56)37(64)39(66)38(65)30(14)57/h1,47-73H;1,43-67H. The molecule has 0 bridgehead atoms. The Bertz CT molecular complexity index is 9130. The zero-order chi connectivity index (χ0) is 104. The van der Waals surface area contributed by atoms with Crippen LogP contribution in [0.25, 0.3) is 186 Å². The molecule has 0 saturated carbocycles. The van der Waals surface area contributed by atoms with Crippen molar-refractivity contribution < 1.29 is 274 Å². The number of phenols is 52. The Balaban J connectivity index is 0.000000188. The van der Waals surface area contributed by atoms with Gasteiger partial charge in [0.1, 0.15) is 40.2 Å². The fourth-order valence-corrected chi connectivity index (χ4v) is 17.8. The molecule has 19 aromatic rings. The van der Waals surface area contributed by atoms with Crippen LogP contribution in [0, 0.1) is 0 Å². The molecule has 0 fully saturated rings. The molecule has 0 atom stereocenters. The Labute approximate surface area is 768 Å². The van der Waals surface area contributed by atoms with Crippen molar-refractivity contribution in [3.63, 3.8) is 0 Å². The van der Waals surface area contributed by atoms with Gasteiger partial charge in [-0.05, 0) is 12.1 Å². The van der Waals surface area contributed by atoms with Gasteiger partial charge in [0.25, 0.3) is 0 Å². The minimum Gasteiger partial charge on any atom is -0.506 e. The number of rotatable bonds is 6. The zero-order valence-corrected chi connectivity index (χ0v) is 68.2. The number of phenolic OH excluding ortho intramolecular Hbond substituents is 52. The predicted octanol–water partition coefficient (Wildman–Crippen LogP) is 9.94. The van der Waals surface area contributed by atoms with Crippen LogP contribution in [-0.2, 0) is 0 Å². The average molecular weight is 1980 g/mol. The van der Waals surface area contributed by atoms with Gasteiger partial charge >= 0.3 is 0 Å². The van der Waals surface area contributed by atoms with Crippen LogP contribution in [0.5, 0.6) is 299 Å². The van der Waals surface area contributed by atoms with Gasteiger partial charge in [-0.25, -0.2) is 0 Å². The molecule has 17 aromatic carbocycles. The van der Waals surface area contributed by atoms with Crippen molar-refractivity contribution >= 4 is 119 Å². The molecule has 0 aliphatic heterocycles. The van der Waals surface area contributed by atoms with Gasteiger partial charge in [0, 0.05) is 76.1 Å². The van der Waals surface area contributed by atoms with Crippen molar-refractivity contribution in [2.24, 2.45) is 0 Å². The van der Waals surface area contributed by atoms with E-state index in [9.17, 15) is 266 Å². The molecule has 142 heavy (non-hydrogen) atoms. The first-order chi connectivity index (χ1) is 66.3. The molecule has 2 heterocycles. The number of hydrogen-bond acceptors (Lipinski definition) is 54. The van der Waals surface area contributed by atoms with Gasteiger partial charge in [-0.2, -0.15) is 0 Å². The van der Waals surface area contributed by atoms with Gasteiger partial charge in [-0.3, -0.25) is 0 Å². The average Bonchev–Trinajstić information content (AvgIpc) is 0.787. The highest BCUT2D eigenvalue weighted by molar-refractivity contribution is 6.36. The van der Waals surface area contributed by atoms with E-state index in [0.717, 1.165) is 0 Å². The van der Waals surface area contributed by atoms with Crippen LogP contribution < -0.4 is 0 Å². The van der Waals surface area contributed by atoms with Gasteiger partial charge in [0.15, 0.2) is 172 Å². The van der Waals surface area contributed by atoms with E-state index in [-0.39, 0.29) is 0 Å². The lowest BCUT2D eigenvalue weighted by atomic mass is 9.81. The van der Waals surface area contributed by atoms with E-state index in [1.807, 2.05) is 0 Å². The summed E-state index contributed by atoms with van der Waals surface area (Å²) < 4.78 is 11.0. The molecule has 0 saturated heterocycles. The van der Waals surface area contributed by atoms with Crippen molar-refractivity contribution in [1.29, 1.82) is 0 Å². The van der Waals surface area contributed by atoms with Crippen LogP contribution in [0.15, 0.2) is 21.0 Å². The van der Waals surface area contributed by atoms with Crippen molar-refractivity contribution in [2.45, 2.75) is 0 Å². The molecular formula is C88H54O54. The summed E-state index contributed by atoms with van der Waals surface area (Å²) >= 11 is 0. The summed E-state index contributed by atoms with van der Waals surface area (Å²) in [5.74, 6) is -83.6. The number of furan rings is 2. The summed E-state index contributed by atoms with van der Waals surface area (Å²) in [6.45, 7) is 0. The number of benzene rings is 17. The van der Waals surface area contributed by atoms with Gasteiger partial charge < -0.3 is 274 Å². The van der Waals surface area contributed by atoms with Crippen molar-refractivity contribution in [1.82, 2.24) is 0 Å². The molecule has 0 aliphatic rings. The lowest BCUT2D eigenvalue weighted by Crippen LogP contribution is -1.97. The maximum absolute atomic E-state index is 12.3. The summed E-state index contributed by atoms with van der Waals surface area (Å²) in [5, 5.41) is 559. The number of fused-ring (bicyclic) bond motifs is 13. The van der Waals surface area contributed by atoms with Gasteiger partial charge in [0.2, 0.25) is 109 Å². The fraction of sp³-hybridized carbons (Fsp3) is 0. The molecule has 0 aliphatic carbocycles. The second-order valence-corrected chi connectivity index (χ2v) is 31.3. The van der Waals surface area contributed by atoms with Crippen LogP contribution >= 0.6 is 0 Å². The Morgan fingerprint density at radius 2 is 0.232 bits per heavy atom. The molecule has 52 N–H and O–H groups in total. The third kappa shape index (κ3) is 10.6. The van der Waals surface area contributed by atoms with Crippen LogP contribution in [0.4, 0.5) is 0 Å². The Hall–Kier alpha value is -22.2. The molecule has 0 spiro atoms. The first-order valence-corrected chi connectivity index (χ1v) is 38.3. The molecule has 0 unspecified atom stereocenters. The molecular weight excluding hydrogens is 1920 g/mol. The second-order valence-electron chi connectivity index (χ2n) is 31.3. The van der Waals surface area contributed by atoms with E-state index in [2.05, 4.69) is 0 Å². The highest BCUT2D eigenvalue weighted by Gasteiger charge is 2.46. The quantitative estimate of drug-likeness (QED) is 0.0418. The second kappa shape index (κ2) is 28.6. The summed E-state index contributed by atoms with van der Waals surface area (Å²) in [4.78, 5) is 0. The topological polar surface area (TPSA) is 1080 Å². The van der Waals surface area contributed by atoms with E-state index in [1.165, 1.54) is 0 Å². The Morgan fingerprint density at radius 3 is 0.472 bits per heavy atom. The molecule has 19 rings (SSSR count). The van der Waals surface area contributed by atoms with E-state index < -0.39 is 485 Å². The van der Waals surface area contributed by atoms with E-state index in [4.69, 9.17) is 8.83 Å². The minimum atomic E-state index is -1.85. The van der Waals surface area contributed by atoms with Crippen LogP contribution in [0.1, 0.15) is 0 Å². The lowest BCUT2D eigenvalue weighted by Gasteiger charge is -2.25. The van der Waals surface area contributed by atoms with Crippen molar-refractivity contribution in [3.05, 3.63) is 12.1 Å². The third-order valence-corrected chi connectivity index (χ3v) is 24.3. The van der Waals surface area contributed by atoms with Crippen molar-refractivity contribution in [2.75, 3.05) is 0 Å². The van der Waals surface area contributed by atoms with Crippen LogP contribution in [-0.4, -0.2) is 266 Å². The van der Waals surface area contributed by atoms with E-state index >= 15 is 0 Å². The first-order valence-electron chi connectivity index (χ1n) is 38.3. The van der Waals surface area contributed by atoms with Gasteiger partial charge in [-0.15, -0.1) is 0 Å². The van der Waals surface area contributed by atoms with Gasteiger partial charge in [-0.1, -0.05) is 0 Å². The zero-order valence-electron chi connectivity index (χ0n) is 68.2. The minimum absolute atomic E-state index is 0.631. The molecule has 0 radical (unpaired) electrons. The smallest absolute Gasteiger partial charge is 0.208 e. The lowest BCUT2D eigenvalue weighted by molar-refractivity contribution is 0.329. The van der Waals surface area contributed by atoms with Crippen molar-refractivity contribution in [3.8, 4) is 366 Å². The number of hydrogen-bond donors (Lipinski definition) is 52. The highest BCUT2D eigenvalue weighted by Crippen LogP contribution is 2.75. The predicted molar refractivity (Wildman–Crippen MR) is 469 cm³/mol. The number of aromatic hydroxyl groups is 52. The summed E-state index contributed by atoms with van der Waals surface area (Å²) in [6.07, 6.45) is 0. The molecule has 54 nitrogen and oxygen atoms in total. The molecule has 2 aromatic heterocycles. The third-order valence-electron chi connectivity index (χ3n) is 24.3. The summed E-state index contributed by atoms with van der Waals surface area (Å²) in [5.41, 5.74) is -21.4. The van der Waals surface area contributed by atoms with E-state index in [1.54, 1.807) is 0 Å². The molecule has 730 valence electrons. The fourth-order valence-electron chi connectivity index (χ4n) is 17.8. The maximum atomic E-state index is 12.3. The van der Waals surface area contributed by atoms with Crippen LogP contribution in [0.3, 0.4) is 0 Å². The first kappa shape index (κ1) is 90.3. The highest BCUT2D eigenvalue weighted by atomic mass is 16.4. The van der Waals surface area contributed by atoms with Crippen LogP contribution in [0.2, 0.25) is 0 Å². The normalized spacial score (nSPS) is 11.9.